The molecule has 2 heterocycles. The molecule has 1 N–H and O–H groups in total. The van der Waals surface area contributed by atoms with E-state index in [1.165, 1.54) is 24.3 Å². The lowest BCUT2D eigenvalue weighted by atomic mass is 10.0. The van der Waals surface area contributed by atoms with Crippen LogP contribution in [0.5, 0.6) is 0 Å². The van der Waals surface area contributed by atoms with Crippen LogP contribution in [-0.2, 0) is 5.92 Å². The summed E-state index contributed by atoms with van der Waals surface area (Å²) in [5.41, 5.74) is 0.613. The van der Waals surface area contributed by atoms with Gasteiger partial charge >= 0.3 is 0 Å². The Morgan fingerprint density at radius 1 is 1.22 bits per heavy atom. The molecule has 0 saturated carbocycles. The van der Waals surface area contributed by atoms with Gasteiger partial charge in [0.15, 0.2) is 0 Å². The molecule has 1 fully saturated rings. The van der Waals surface area contributed by atoms with Crippen LogP contribution in [0, 0.1) is 0 Å². The zero-order chi connectivity index (χ0) is 16.4. The third-order valence-electron chi connectivity index (χ3n) is 4.18. The predicted molar refractivity (Wildman–Crippen MR) is 82.8 cm³/mol. The molecule has 6 heteroatoms. The average Bonchev–Trinajstić information content (AvgIpc) is 3.04. The van der Waals surface area contributed by atoms with Crippen molar-refractivity contribution in [2.75, 3.05) is 13.1 Å². The fourth-order valence-electron chi connectivity index (χ4n) is 2.80. The van der Waals surface area contributed by atoms with E-state index in [9.17, 15) is 13.6 Å². The number of nitrogens with one attached hydrogen (secondary N) is 1. The fraction of sp³-hybridized carbons (Fsp3) is 0.412. The molecule has 3 rings (SSSR count). The topological polar surface area (TPSA) is 46.9 Å². The molecule has 1 saturated heterocycles. The van der Waals surface area contributed by atoms with Crippen molar-refractivity contribution in [3.05, 3.63) is 53.3 Å². The van der Waals surface area contributed by atoms with Crippen LogP contribution in [0.1, 0.15) is 47.4 Å². The molecular weight excluding hydrogens is 300 g/mol. The van der Waals surface area contributed by atoms with E-state index in [-0.39, 0.29) is 11.3 Å². The lowest BCUT2D eigenvalue weighted by Gasteiger charge is -2.22. The molecule has 122 valence electrons. The molecule has 0 amide bonds. The summed E-state index contributed by atoms with van der Waals surface area (Å²) in [6.45, 7) is 2.73. The Morgan fingerprint density at radius 2 is 1.87 bits per heavy atom. The van der Waals surface area contributed by atoms with Gasteiger partial charge in [0.25, 0.3) is 5.92 Å². The number of carbonyl (C=O) groups is 1. The number of ketones is 1. The van der Waals surface area contributed by atoms with Crippen molar-refractivity contribution in [3.63, 3.8) is 0 Å². The number of alkyl halides is 2. The highest BCUT2D eigenvalue weighted by atomic mass is 19.3. The minimum absolute atomic E-state index is 0.103. The number of carbonyl (C=O) groups excluding carboxylic acids is 1. The van der Waals surface area contributed by atoms with E-state index in [4.69, 9.17) is 0 Å². The van der Waals surface area contributed by atoms with Gasteiger partial charge in [-0.15, -0.1) is 0 Å². The third-order valence-corrected chi connectivity index (χ3v) is 4.18. The highest BCUT2D eigenvalue weighted by Gasteiger charge is 2.24. The Balaban J connectivity index is 1.76. The van der Waals surface area contributed by atoms with Crippen LogP contribution in [-0.4, -0.2) is 28.7 Å². The maximum atomic E-state index is 13.2. The standard InChI is InChI=1S/C17H19F2N3O/c1-17(18,19)13-4-2-12(3-5-13)16(23)15-8-11-22(21-15)14-6-9-20-10-7-14/h2-5,8,11,14,20H,6-7,9-10H2,1H3. The Hall–Kier alpha value is -2.08. The first-order valence-electron chi connectivity index (χ1n) is 7.74. The van der Waals surface area contributed by atoms with Crippen molar-refractivity contribution < 1.29 is 13.6 Å². The smallest absolute Gasteiger partial charge is 0.270 e. The van der Waals surface area contributed by atoms with Crippen LogP contribution < -0.4 is 5.32 Å². The minimum Gasteiger partial charge on any atom is -0.317 e. The predicted octanol–water partition coefficient (Wildman–Crippen LogP) is 3.15. The average molecular weight is 319 g/mol. The molecule has 0 bridgehead atoms. The van der Waals surface area contributed by atoms with E-state index in [1.54, 1.807) is 6.07 Å². The molecule has 0 radical (unpaired) electrons. The van der Waals surface area contributed by atoms with Crippen LogP contribution in [0.15, 0.2) is 36.5 Å². The number of hydrogen-bond acceptors (Lipinski definition) is 3. The second kappa shape index (κ2) is 6.20. The van der Waals surface area contributed by atoms with Gasteiger partial charge < -0.3 is 5.32 Å². The first-order valence-corrected chi connectivity index (χ1v) is 7.74. The summed E-state index contributed by atoms with van der Waals surface area (Å²) in [5, 5.41) is 7.66. The van der Waals surface area contributed by atoms with Crippen molar-refractivity contribution in [2.24, 2.45) is 0 Å². The fourth-order valence-corrected chi connectivity index (χ4v) is 2.80. The normalized spacial score (nSPS) is 16.5. The second-order valence-corrected chi connectivity index (χ2v) is 5.96. The number of piperidine rings is 1. The number of nitrogens with zero attached hydrogens (tertiary/aromatic N) is 2. The molecule has 0 atom stereocenters. The third kappa shape index (κ3) is 3.47. The van der Waals surface area contributed by atoms with Gasteiger partial charge in [-0.25, -0.2) is 8.78 Å². The van der Waals surface area contributed by atoms with Gasteiger partial charge in [0, 0.05) is 24.2 Å². The molecule has 4 nitrogen and oxygen atoms in total. The summed E-state index contributed by atoms with van der Waals surface area (Å²) >= 11 is 0. The van der Waals surface area contributed by atoms with Crippen LogP contribution in [0.25, 0.3) is 0 Å². The van der Waals surface area contributed by atoms with E-state index >= 15 is 0 Å². The summed E-state index contributed by atoms with van der Waals surface area (Å²) in [7, 11) is 0. The summed E-state index contributed by atoms with van der Waals surface area (Å²) in [6.07, 6.45) is 3.78. The van der Waals surface area contributed by atoms with Gasteiger partial charge in [-0.1, -0.05) is 24.3 Å². The Kier molecular flexibility index (Phi) is 4.26. The van der Waals surface area contributed by atoms with Crippen molar-refractivity contribution in [1.29, 1.82) is 0 Å². The van der Waals surface area contributed by atoms with E-state index in [2.05, 4.69) is 10.4 Å². The zero-order valence-electron chi connectivity index (χ0n) is 12.9. The number of halogens is 2. The minimum atomic E-state index is -2.90. The molecule has 1 aromatic carbocycles. The van der Waals surface area contributed by atoms with Crippen LogP contribution >= 0.6 is 0 Å². The van der Waals surface area contributed by atoms with Gasteiger partial charge in [-0.3, -0.25) is 9.48 Å². The van der Waals surface area contributed by atoms with Crippen LogP contribution in [0.2, 0.25) is 0 Å². The quantitative estimate of drug-likeness (QED) is 0.881. The first-order chi connectivity index (χ1) is 10.9. The number of benzene rings is 1. The molecule has 1 aromatic heterocycles. The monoisotopic (exact) mass is 319 g/mol. The van der Waals surface area contributed by atoms with Crippen molar-refractivity contribution in [3.8, 4) is 0 Å². The van der Waals surface area contributed by atoms with Crippen molar-refractivity contribution in [2.45, 2.75) is 31.7 Å². The number of rotatable bonds is 4. The van der Waals surface area contributed by atoms with Crippen LogP contribution in [0.4, 0.5) is 8.78 Å². The summed E-state index contributed by atoms with van der Waals surface area (Å²) in [6, 6.07) is 7.43. The number of aromatic nitrogens is 2. The Labute approximate surface area is 133 Å². The van der Waals surface area contributed by atoms with Gasteiger partial charge in [0.2, 0.25) is 5.78 Å². The molecule has 23 heavy (non-hydrogen) atoms. The van der Waals surface area contributed by atoms with E-state index in [1.807, 2.05) is 10.9 Å². The Bertz CT molecular complexity index is 683. The number of hydrogen-bond donors (Lipinski definition) is 1. The lowest BCUT2D eigenvalue weighted by Crippen LogP contribution is -2.29. The SMILES string of the molecule is CC(F)(F)c1ccc(C(=O)c2ccn(C3CCNCC3)n2)cc1. The van der Waals surface area contributed by atoms with E-state index < -0.39 is 5.92 Å². The van der Waals surface area contributed by atoms with Gasteiger partial charge in [-0.2, -0.15) is 5.10 Å². The summed E-state index contributed by atoms with van der Waals surface area (Å²) < 4.78 is 28.3. The molecule has 0 unspecified atom stereocenters. The first kappa shape index (κ1) is 15.8. The highest BCUT2D eigenvalue weighted by Crippen LogP contribution is 2.27. The van der Waals surface area contributed by atoms with Gasteiger partial charge in [-0.05, 0) is 32.0 Å². The van der Waals surface area contributed by atoms with E-state index in [0.29, 0.717) is 17.3 Å². The molecular formula is C17H19F2N3O. The molecule has 0 aliphatic carbocycles. The second-order valence-electron chi connectivity index (χ2n) is 5.96. The summed E-state index contributed by atoms with van der Waals surface area (Å²) in [5.74, 6) is -3.15. The van der Waals surface area contributed by atoms with Gasteiger partial charge in [0.05, 0.1) is 6.04 Å². The molecule has 1 aliphatic rings. The molecule has 2 aromatic rings. The van der Waals surface area contributed by atoms with E-state index in [0.717, 1.165) is 32.9 Å². The largest absolute Gasteiger partial charge is 0.317 e. The lowest BCUT2D eigenvalue weighted by molar-refractivity contribution is 0.0174. The maximum Gasteiger partial charge on any atom is 0.270 e. The van der Waals surface area contributed by atoms with Crippen molar-refractivity contribution >= 4 is 5.78 Å². The van der Waals surface area contributed by atoms with Gasteiger partial charge in [0.1, 0.15) is 5.69 Å². The highest BCUT2D eigenvalue weighted by molar-refractivity contribution is 6.07. The molecule has 0 spiro atoms. The maximum absolute atomic E-state index is 13.2. The summed E-state index contributed by atoms with van der Waals surface area (Å²) in [4.78, 5) is 12.4. The zero-order valence-corrected chi connectivity index (χ0v) is 12.9. The Morgan fingerprint density at radius 3 is 2.48 bits per heavy atom. The van der Waals surface area contributed by atoms with Crippen molar-refractivity contribution in [1.82, 2.24) is 15.1 Å². The molecule has 1 aliphatic heterocycles. The van der Waals surface area contributed by atoms with Crippen LogP contribution in [0.3, 0.4) is 0 Å².